The summed E-state index contributed by atoms with van der Waals surface area (Å²) in [5.74, 6) is 0.622. The summed E-state index contributed by atoms with van der Waals surface area (Å²) in [4.78, 5) is 14.0. The predicted molar refractivity (Wildman–Crippen MR) is 84.1 cm³/mol. The van der Waals surface area contributed by atoms with Gasteiger partial charge in [-0.05, 0) is 50.8 Å². The quantitative estimate of drug-likeness (QED) is 0.819. The van der Waals surface area contributed by atoms with Crippen LogP contribution in [-0.2, 0) is 11.3 Å². The zero-order valence-electron chi connectivity index (χ0n) is 12.9. The molecule has 116 valence electrons. The van der Waals surface area contributed by atoms with Gasteiger partial charge >= 0.3 is 6.09 Å². The van der Waals surface area contributed by atoms with Crippen LogP contribution in [-0.4, -0.2) is 37.7 Å². The molecule has 1 aromatic carbocycles. The fraction of sp³-hybridized carbons (Fsp3) is 0.588. The van der Waals surface area contributed by atoms with Crippen LogP contribution in [0.5, 0.6) is 0 Å². The molecule has 1 aliphatic heterocycles. The molecule has 2 rings (SSSR count). The van der Waals surface area contributed by atoms with Gasteiger partial charge in [-0.1, -0.05) is 30.3 Å². The van der Waals surface area contributed by atoms with Crippen molar-refractivity contribution < 1.29 is 9.53 Å². The predicted octanol–water partition coefficient (Wildman–Crippen LogP) is 3.03. The van der Waals surface area contributed by atoms with Crippen LogP contribution in [0.2, 0.25) is 0 Å². The van der Waals surface area contributed by atoms with E-state index >= 15 is 0 Å². The monoisotopic (exact) mass is 290 g/mol. The molecule has 1 heterocycles. The molecule has 0 spiro atoms. The van der Waals surface area contributed by atoms with E-state index in [1.54, 1.807) is 0 Å². The molecule has 1 N–H and O–H groups in total. The number of piperidine rings is 1. The highest BCUT2D eigenvalue weighted by Crippen LogP contribution is 2.21. The maximum absolute atomic E-state index is 12.1. The second-order valence-electron chi connectivity index (χ2n) is 5.74. The molecule has 4 heteroatoms. The smallest absolute Gasteiger partial charge is 0.410 e. The largest absolute Gasteiger partial charge is 0.445 e. The molecule has 0 radical (unpaired) electrons. The Balaban J connectivity index is 1.74. The van der Waals surface area contributed by atoms with Gasteiger partial charge in [-0.2, -0.15) is 0 Å². The third kappa shape index (κ3) is 5.38. The van der Waals surface area contributed by atoms with Gasteiger partial charge < -0.3 is 15.0 Å². The van der Waals surface area contributed by atoms with Crippen LogP contribution in [0.4, 0.5) is 4.79 Å². The molecule has 0 saturated carbocycles. The van der Waals surface area contributed by atoms with Gasteiger partial charge in [0.1, 0.15) is 6.61 Å². The van der Waals surface area contributed by atoms with Gasteiger partial charge in [0.15, 0.2) is 0 Å². The van der Waals surface area contributed by atoms with E-state index in [-0.39, 0.29) is 6.09 Å². The number of benzene rings is 1. The van der Waals surface area contributed by atoms with E-state index < -0.39 is 0 Å². The molecular weight excluding hydrogens is 264 g/mol. The number of nitrogens with zero attached hydrogens (tertiary/aromatic N) is 1. The summed E-state index contributed by atoms with van der Waals surface area (Å²) in [5, 5.41) is 3.17. The minimum atomic E-state index is -0.169. The van der Waals surface area contributed by atoms with Gasteiger partial charge in [0.2, 0.25) is 0 Å². The van der Waals surface area contributed by atoms with E-state index in [0.717, 1.165) is 31.6 Å². The van der Waals surface area contributed by atoms with E-state index in [2.05, 4.69) is 5.32 Å². The lowest BCUT2D eigenvalue weighted by molar-refractivity contribution is 0.0778. The Labute approximate surface area is 127 Å². The highest BCUT2D eigenvalue weighted by molar-refractivity contribution is 5.67. The van der Waals surface area contributed by atoms with Crippen LogP contribution in [0, 0.1) is 5.92 Å². The van der Waals surface area contributed by atoms with Crippen LogP contribution < -0.4 is 5.32 Å². The van der Waals surface area contributed by atoms with Crippen molar-refractivity contribution in [2.45, 2.75) is 32.3 Å². The molecule has 1 saturated heterocycles. The number of nitrogens with one attached hydrogen (secondary N) is 1. The molecule has 0 unspecified atom stereocenters. The zero-order chi connectivity index (χ0) is 14.9. The summed E-state index contributed by atoms with van der Waals surface area (Å²) in [7, 11) is 1.98. The van der Waals surface area contributed by atoms with Crippen molar-refractivity contribution >= 4 is 6.09 Å². The normalized spacial score (nSPS) is 18.5. The van der Waals surface area contributed by atoms with Crippen molar-refractivity contribution in [3.63, 3.8) is 0 Å². The summed E-state index contributed by atoms with van der Waals surface area (Å²) < 4.78 is 5.42. The highest BCUT2D eigenvalue weighted by Gasteiger charge is 2.24. The van der Waals surface area contributed by atoms with Crippen molar-refractivity contribution in [3.8, 4) is 0 Å². The summed E-state index contributed by atoms with van der Waals surface area (Å²) in [5.41, 5.74) is 1.04. The summed E-state index contributed by atoms with van der Waals surface area (Å²) in [6.07, 6.45) is 4.51. The lowest BCUT2D eigenvalue weighted by Gasteiger charge is -2.32. The zero-order valence-corrected chi connectivity index (χ0v) is 12.9. The van der Waals surface area contributed by atoms with Crippen LogP contribution in [0.1, 0.15) is 31.2 Å². The fourth-order valence-electron chi connectivity index (χ4n) is 2.84. The van der Waals surface area contributed by atoms with E-state index in [9.17, 15) is 4.79 Å². The standard InChI is InChI=1S/C17H26N2O2/c1-18-11-5-9-15-10-6-12-19(13-15)17(20)21-14-16-7-3-2-4-8-16/h2-4,7-8,15,18H,5-6,9-14H2,1H3/t15-/m0/s1. The Bertz CT molecular complexity index is 422. The van der Waals surface area contributed by atoms with Gasteiger partial charge in [-0.25, -0.2) is 4.79 Å². The van der Waals surface area contributed by atoms with Crippen LogP contribution in [0.25, 0.3) is 0 Å². The Kier molecular flexibility index (Phi) is 6.54. The molecule has 21 heavy (non-hydrogen) atoms. The molecule has 1 fully saturated rings. The van der Waals surface area contributed by atoms with Gasteiger partial charge in [0, 0.05) is 13.1 Å². The Morgan fingerprint density at radius 2 is 2.19 bits per heavy atom. The van der Waals surface area contributed by atoms with Crippen molar-refractivity contribution in [1.82, 2.24) is 10.2 Å². The van der Waals surface area contributed by atoms with Crippen LogP contribution in [0.3, 0.4) is 0 Å². The first-order valence-electron chi connectivity index (χ1n) is 7.90. The van der Waals surface area contributed by atoms with Crippen LogP contribution >= 0.6 is 0 Å². The number of ether oxygens (including phenoxy) is 1. The Hall–Kier alpha value is -1.55. The summed E-state index contributed by atoms with van der Waals surface area (Å²) >= 11 is 0. The summed E-state index contributed by atoms with van der Waals surface area (Å²) in [6, 6.07) is 9.84. The highest BCUT2D eigenvalue weighted by atomic mass is 16.6. The first kappa shape index (κ1) is 15.8. The molecular formula is C17H26N2O2. The Morgan fingerprint density at radius 1 is 1.38 bits per heavy atom. The summed E-state index contributed by atoms with van der Waals surface area (Å²) in [6.45, 7) is 3.09. The van der Waals surface area contributed by atoms with Crippen LogP contribution in [0.15, 0.2) is 30.3 Å². The molecule has 1 amide bonds. The number of likely N-dealkylation sites (tertiary alicyclic amines) is 1. The second kappa shape index (κ2) is 8.67. The van der Waals surface area contributed by atoms with Gasteiger partial charge in [-0.3, -0.25) is 0 Å². The number of hydrogen-bond donors (Lipinski definition) is 1. The maximum atomic E-state index is 12.1. The van der Waals surface area contributed by atoms with E-state index in [1.165, 1.54) is 19.3 Å². The van der Waals surface area contributed by atoms with E-state index in [0.29, 0.717) is 12.5 Å². The van der Waals surface area contributed by atoms with Crippen molar-refractivity contribution in [1.29, 1.82) is 0 Å². The topological polar surface area (TPSA) is 41.6 Å². The second-order valence-corrected chi connectivity index (χ2v) is 5.74. The number of carbonyl (C=O) groups is 1. The third-order valence-electron chi connectivity index (χ3n) is 4.02. The molecule has 1 aromatic rings. The van der Waals surface area contributed by atoms with Gasteiger partial charge in [0.25, 0.3) is 0 Å². The van der Waals surface area contributed by atoms with E-state index in [1.807, 2.05) is 42.3 Å². The number of rotatable bonds is 6. The first-order chi connectivity index (χ1) is 10.3. The molecule has 0 bridgehead atoms. The Morgan fingerprint density at radius 3 is 2.95 bits per heavy atom. The average molecular weight is 290 g/mol. The molecule has 1 atom stereocenters. The van der Waals surface area contributed by atoms with Gasteiger partial charge in [-0.15, -0.1) is 0 Å². The van der Waals surface area contributed by atoms with Crippen molar-refractivity contribution in [2.24, 2.45) is 5.92 Å². The molecule has 0 aromatic heterocycles. The number of amides is 1. The third-order valence-corrected chi connectivity index (χ3v) is 4.02. The van der Waals surface area contributed by atoms with Crippen molar-refractivity contribution in [2.75, 3.05) is 26.7 Å². The van der Waals surface area contributed by atoms with Crippen molar-refractivity contribution in [3.05, 3.63) is 35.9 Å². The lowest BCUT2D eigenvalue weighted by atomic mass is 9.93. The number of carbonyl (C=O) groups excluding carboxylic acids is 1. The minimum Gasteiger partial charge on any atom is -0.445 e. The SMILES string of the molecule is CNCCC[C@H]1CCCN(C(=O)OCc2ccccc2)C1. The first-order valence-corrected chi connectivity index (χ1v) is 7.90. The van der Waals surface area contributed by atoms with Gasteiger partial charge in [0.05, 0.1) is 0 Å². The number of hydrogen-bond acceptors (Lipinski definition) is 3. The minimum absolute atomic E-state index is 0.169. The average Bonchev–Trinajstić information content (AvgIpc) is 2.54. The van der Waals surface area contributed by atoms with E-state index in [4.69, 9.17) is 4.74 Å². The molecule has 1 aliphatic rings. The fourth-order valence-corrected chi connectivity index (χ4v) is 2.84. The molecule has 0 aliphatic carbocycles. The molecule has 4 nitrogen and oxygen atoms in total. The lowest BCUT2D eigenvalue weighted by Crippen LogP contribution is -2.40. The maximum Gasteiger partial charge on any atom is 0.410 e.